The topological polar surface area (TPSA) is 47.3 Å². The van der Waals surface area contributed by atoms with Crippen molar-refractivity contribution in [2.45, 2.75) is 16.0 Å². The van der Waals surface area contributed by atoms with Crippen molar-refractivity contribution in [2.24, 2.45) is 0 Å². The predicted octanol–water partition coefficient (Wildman–Crippen LogP) is 6.46. The van der Waals surface area contributed by atoms with Crippen LogP contribution in [0.2, 0.25) is 0 Å². The van der Waals surface area contributed by atoms with Crippen molar-refractivity contribution >= 4 is 43.1 Å². The van der Waals surface area contributed by atoms with Crippen molar-refractivity contribution < 1.29 is 12.8 Å². The number of furan rings is 1. The summed E-state index contributed by atoms with van der Waals surface area (Å²) < 4.78 is 33.5. The van der Waals surface area contributed by atoms with E-state index in [1.807, 2.05) is 73.7 Å². The van der Waals surface area contributed by atoms with E-state index in [1.54, 1.807) is 12.1 Å². The summed E-state index contributed by atoms with van der Waals surface area (Å²) >= 11 is 1.27. The molecule has 2 heterocycles. The zero-order valence-corrected chi connectivity index (χ0v) is 16.7. The molecule has 3 aromatic carbocycles. The summed E-state index contributed by atoms with van der Waals surface area (Å²) in [5.41, 5.74) is 3.29. The molecular weight excluding hydrogens is 388 g/mol. The molecule has 28 heavy (non-hydrogen) atoms. The maximum Gasteiger partial charge on any atom is 0.216 e. The molecule has 0 unspecified atom stereocenters. The standard InChI is InChI=1S/C23H16O3S2/c1-15-11-13-17(14-12-15)28(24,25)23-20-18-9-5-6-10-19(18)26-21(20)22(27-23)16-7-3-2-4-8-16/h2-14H,1H3. The molecule has 5 aromatic rings. The molecule has 5 rings (SSSR count). The molecule has 0 aliphatic rings. The fourth-order valence-electron chi connectivity index (χ4n) is 3.39. The molecule has 0 aliphatic carbocycles. The molecule has 2 aromatic heterocycles. The van der Waals surface area contributed by atoms with Crippen LogP contribution in [0.3, 0.4) is 0 Å². The van der Waals surface area contributed by atoms with E-state index < -0.39 is 9.84 Å². The third kappa shape index (κ3) is 2.58. The lowest BCUT2D eigenvalue weighted by Crippen LogP contribution is -1.99. The largest absolute Gasteiger partial charge is 0.454 e. The summed E-state index contributed by atoms with van der Waals surface area (Å²) in [6.45, 7) is 1.94. The summed E-state index contributed by atoms with van der Waals surface area (Å²) in [6.07, 6.45) is 0. The van der Waals surface area contributed by atoms with Crippen molar-refractivity contribution in [1.29, 1.82) is 0 Å². The molecule has 5 heteroatoms. The van der Waals surface area contributed by atoms with E-state index in [2.05, 4.69) is 0 Å². The summed E-state index contributed by atoms with van der Waals surface area (Å²) in [7, 11) is -3.67. The number of rotatable bonds is 3. The molecule has 0 spiro atoms. The summed E-state index contributed by atoms with van der Waals surface area (Å²) in [4.78, 5) is 1.13. The molecule has 0 fully saturated rings. The zero-order chi connectivity index (χ0) is 19.3. The quantitative estimate of drug-likeness (QED) is 0.347. The molecule has 0 bridgehead atoms. The maximum atomic E-state index is 13.5. The maximum absolute atomic E-state index is 13.5. The van der Waals surface area contributed by atoms with E-state index in [0.717, 1.165) is 21.4 Å². The van der Waals surface area contributed by atoms with Gasteiger partial charge in [-0.25, -0.2) is 8.42 Å². The predicted molar refractivity (Wildman–Crippen MR) is 114 cm³/mol. The molecule has 0 saturated heterocycles. The smallest absolute Gasteiger partial charge is 0.216 e. The van der Waals surface area contributed by atoms with Gasteiger partial charge in [-0.2, -0.15) is 0 Å². The Morgan fingerprint density at radius 2 is 1.50 bits per heavy atom. The molecule has 0 saturated carbocycles. The van der Waals surface area contributed by atoms with E-state index >= 15 is 0 Å². The van der Waals surface area contributed by atoms with Gasteiger partial charge in [0.25, 0.3) is 0 Å². The van der Waals surface area contributed by atoms with Gasteiger partial charge in [-0.3, -0.25) is 0 Å². The summed E-state index contributed by atoms with van der Waals surface area (Å²) in [6, 6.07) is 24.3. The Hall–Kier alpha value is -2.89. The lowest BCUT2D eigenvalue weighted by molar-refractivity contribution is 0.598. The van der Waals surface area contributed by atoms with E-state index in [1.165, 1.54) is 11.3 Å². The second-order valence-corrected chi connectivity index (χ2v) is 9.87. The Balaban J connectivity index is 1.87. The number of thiophene rings is 1. The number of fused-ring (bicyclic) bond motifs is 3. The van der Waals surface area contributed by atoms with Crippen LogP contribution in [0.5, 0.6) is 0 Å². The Morgan fingerprint density at radius 1 is 0.821 bits per heavy atom. The monoisotopic (exact) mass is 404 g/mol. The highest BCUT2D eigenvalue weighted by atomic mass is 32.2. The van der Waals surface area contributed by atoms with E-state index in [-0.39, 0.29) is 0 Å². The summed E-state index contributed by atoms with van der Waals surface area (Å²) in [5, 5.41) is 1.49. The van der Waals surface area contributed by atoms with Gasteiger partial charge in [0.1, 0.15) is 9.79 Å². The van der Waals surface area contributed by atoms with Crippen LogP contribution in [0.1, 0.15) is 5.56 Å². The fraction of sp³-hybridized carbons (Fsp3) is 0.0435. The minimum Gasteiger partial charge on any atom is -0.454 e. The van der Waals surface area contributed by atoms with Crippen LogP contribution in [-0.2, 0) is 9.84 Å². The number of para-hydroxylation sites is 1. The lowest BCUT2D eigenvalue weighted by Gasteiger charge is -2.03. The average molecular weight is 405 g/mol. The number of sulfone groups is 1. The normalized spacial score (nSPS) is 12.0. The van der Waals surface area contributed by atoms with Gasteiger partial charge in [-0.1, -0.05) is 66.2 Å². The molecule has 0 amide bonds. The molecule has 3 nitrogen and oxygen atoms in total. The van der Waals surface area contributed by atoms with Crippen LogP contribution in [0, 0.1) is 6.92 Å². The number of hydrogen-bond donors (Lipinski definition) is 0. The third-order valence-electron chi connectivity index (χ3n) is 4.81. The number of hydrogen-bond acceptors (Lipinski definition) is 4. The first kappa shape index (κ1) is 17.2. The van der Waals surface area contributed by atoms with Gasteiger partial charge >= 0.3 is 0 Å². The van der Waals surface area contributed by atoms with Crippen LogP contribution < -0.4 is 0 Å². The molecule has 0 aliphatic heterocycles. The SMILES string of the molecule is Cc1ccc(S(=O)(=O)c2sc(-c3ccccc3)c3oc4ccccc4c23)cc1. The van der Waals surface area contributed by atoms with Crippen LogP contribution in [-0.4, -0.2) is 8.42 Å². The molecular formula is C23H16O3S2. The van der Waals surface area contributed by atoms with Crippen LogP contribution >= 0.6 is 11.3 Å². The van der Waals surface area contributed by atoms with Gasteiger partial charge in [0.05, 0.1) is 15.2 Å². The zero-order valence-electron chi connectivity index (χ0n) is 15.0. The third-order valence-corrected chi connectivity index (χ3v) is 8.32. The highest BCUT2D eigenvalue weighted by Gasteiger charge is 2.29. The fourth-order valence-corrected chi connectivity index (χ4v) is 6.53. The van der Waals surface area contributed by atoms with Gasteiger partial charge in [-0.15, -0.1) is 11.3 Å². The van der Waals surface area contributed by atoms with E-state index in [0.29, 0.717) is 25.7 Å². The molecule has 0 atom stereocenters. The minimum absolute atomic E-state index is 0.297. The van der Waals surface area contributed by atoms with Crippen LogP contribution in [0.4, 0.5) is 0 Å². The Kier molecular flexibility index (Phi) is 3.89. The van der Waals surface area contributed by atoms with Gasteiger partial charge in [0, 0.05) is 5.39 Å². The van der Waals surface area contributed by atoms with E-state index in [4.69, 9.17) is 4.42 Å². The highest BCUT2D eigenvalue weighted by molar-refractivity contribution is 7.94. The van der Waals surface area contributed by atoms with Gasteiger partial charge in [-0.05, 0) is 30.7 Å². The van der Waals surface area contributed by atoms with Crippen LogP contribution in [0.15, 0.2) is 92.4 Å². The first-order valence-electron chi connectivity index (χ1n) is 8.87. The Labute approximate surface area is 166 Å². The van der Waals surface area contributed by atoms with Crippen molar-refractivity contribution in [1.82, 2.24) is 0 Å². The van der Waals surface area contributed by atoms with Gasteiger partial charge in [0.2, 0.25) is 9.84 Å². The first-order valence-corrected chi connectivity index (χ1v) is 11.2. The van der Waals surface area contributed by atoms with Crippen molar-refractivity contribution in [3.05, 3.63) is 84.4 Å². The average Bonchev–Trinajstić information content (AvgIpc) is 3.26. The number of benzene rings is 3. The van der Waals surface area contributed by atoms with Crippen molar-refractivity contribution in [3.63, 3.8) is 0 Å². The summed E-state index contributed by atoms with van der Waals surface area (Å²) in [5.74, 6) is 0. The van der Waals surface area contributed by atoms with E-state index in [9.17, 15) is 8.42 Å². The second kappa shape index (κ2) is 6.33. The lowest BCUT2D eigenvalue weighted by atomic mass is 10.1. The molecule has 0 N–H and O–H groups in total. The second-order valence-electron chi connectivity index (χ2n) is 6.70. The first-order chi connectivity index (χ1) is 13.6. The highest BCUT2D eigenvalue weighted by Crippen LogP contribution is 2.47. The van der Waals surface area contributed by atoms with Gasteiger partial charge in [0.15, 0.2) is 5.58 Å². The Morgan fingerprint density at radius 3 is 2.25 bits per heavy atom. The number of aryl methyl sites for hydroxylation is 1. The molecule has 138 valence electrons. The molecule has 0 radical (unpaired) electrons. The van der Waals surface area contributed by atoms with Crippen molar-refractivity contribution in [3.8, 4) is 10.4 Å². The van der Waals surface area contributed by atoms with Crippen LogP contribution in [0.25, 0.3) is 32.4 Å². The van der Waals surface area contributed by atoms with Crippen molar-refractivity contribution in [2.75, 3.05) is 0 Å². The van der Waals surface area contributed by atoms with Gasteiger partial charge < -0.3 is 4.42 Å². The minimum atomic E-state index is -3.67. The Bertz CT molecular complexity index is 1410.